The van der Waals surface area contributed by atoms with E-state index in [4.69, 9.17) is 4.74 Å². The average molecular weight is 245 g/mol. The van der Waals surface area contributed by atoms with Crippen LogP contribution >= 0.6 is 15.9 Å². The van der Waals surface area contributed by atoms with E-state index in [0.29, 0.717) is 17.9 Å². The first-order chi connectivity index (χ1) is 5.97. The summed E-state index contributed by atoms with van der Waals surface area (Å²) in [5.41, 5.74) is -0.00301. The Hall–Kier alpha value is 0.180. The van der Waals surface area contributed by atoms with Crippen LogP contribution in [0.5, 0.6) is 0 Å². The summed E-state index contributed by atoms with van der Waals surface area (Å²) in [5, 5.41) is 0. The first-order valence-corrected chi connectivity index (χ1v) is 5.82. The highest BCUT2D eigenvalue weighted by atomic mass is 79.9. The third kappa shape index (κ3) is 1.84. The average Bonchev–Trinajstić information content (AvgIpc) is 2.42. The van der Waals surface area contributed by atoms with Crippen molar-refractivity contribution in [2.75, 3.05) is 0 Å². The number of hydrogen-bond donors (Lipinski definition) is 0. The molecule has 1 fully saturated rings. The fourth-order valence-electron chi connectivity index (χ4n) is 2.38. The molecule has 0 aromatic carbocycles. The largest absolute Gasteiger partial charge is 0.371 e. The first kappa shape index (κ1) is 9.72. The summed E-state index contributed by atoms with van der Waals surface area (Å²) in [6, 6.07) is 0. The van der Waals surface area contributed by atoms with Crippen LogP contribution < -0.4 is 0 Å². The van der Waals surface area contributed by atoms with E-state index in [-0.39, 0.29) is 5.60 Å². The van der Waals surface area contributed by atoms with Gasteiger partial charge in [-0.1, -0.05) is 22.0 Å². The molecule has 13 heavy (non-hydrogen) atoms. The smallest absolute Gasteiger partial charge is 0.0718 e. The molecule has 3 atom stereocenters. The van der Waals surface area contributed by atoms with Gasteiger partial charge in [0.15, 0.2) is 0 Å². The molecule has 2 aliphatic carbocycles. The van der Waals surface area contributed by atoms with Crippen molar-refractivity contribution in [3.8, 4) is 0 Å². The predicted molar refractivity (Wildman–Crippen MR) is 57.9 cm³/mol. The molecule has 0 heterocycles. The second-order valence-corrected chi connectivity index (χ2v) is 6.01. The lowest BCUT2D eigenvalue weighted by molar-refractivity contribution is -0.0756. The predicted octanol–water partition coefficient (Wildman–Crippen LogP) is 3.49. The Balaban J connectivity index is 2.05. The second kappa shape index (κ2) is 3.09. The van der Waals surface area contributed by atoms with E-state index < -0.39 is 0 Å². The van der Waals surface area contributed by atoms with E-state index in [1.165, 1.54) is 17.3 Å². The van der Waals surface area contributed by atoms with Gasteiger partial charge in [-0.05, 0) is 38.1 Å². The maximum absolute atomic E-state index is 6.07. The number of ether oxygens (including phenoxy) is 1. The summed E-state index contributed by atoms with van der Waals surface area (Å²) in [6.07, 6.45) is 5.38. The van der Waals surface area contributed by atoms with Crippen LogP contribution in [0, 0.1) is 11.8 Å². The summed E-state index contributed by atoms with van der Waals surface area (Å²) in [4.78, 5) is 0. The van der Waals surface area contributed by atoms with Crippen LogP contribution in [0.15, 0.2) is 10.6 Å². The van der Waals surface area contributed by atoms with Crippen molar-refractivity contribution in [3.63, 3.8) is 0 Å². The Kier molecular flexibility index (Phi) is 2.31. The lowest BCUT2D eigenvalue weighted by Crippen LogP contribution is -2.30. The Morgan fingerprint density at radius 1 is 1.38 bits per heavy atom. The number of hydrogen-bond acceptors (Lipinski definition) is 1. The lowest BCUT2D eigenvalue weighted by Gasteiger charge is -2.28. The Morgan fingerprint density at radius 3 is 2.46 bits per heavy atom. The Labute approximate surface area is 88.7 Å². The normalized spacial score (nSPS) is 38.2. The van der Waals surface area contributed by atoms with Gasteiger partial charge in [-0.2, -0.15) is 0 Å². The molecule has 0 aromatic heterocycles. The van der Waals surface area contributed by atoms with Gasteiger partial charge >= 0.3 is 0 Å². The summed E-state index contributed by atoms with van der Waals surface area (Å²) < 4.78 is 7.45. The third-order valence-electron chi connectivity index (χ3n) is 2.85. The molecule has 74 valence electrons. The molecule has 0 N–H and O–H groups in total. The van der Waals surface area contributed by atoms with Gasteiger partial charge in [-0.15, -0.1) is 0 Å². The zero-order valence-corrected chi connectivity index (χ0v) is 10.1. The molecule has 0 saturated heterocycles. The molecular formula is C11H17BrO. The summed E-state index contributed by atoms with van der Waals surface area (Å²) in [5.74, 6) is 1.31. The van der Waals surface area contributed by atoms with Crippen LogP contribution in [0.1, 0.15) is 33.6 Å². The van der Waals surface area contributed by atoms with Gasteiger partial charge in [-0.25, -0.2) is 0 Å². The summed E-state index contributed by atoms with van der Waals surface area (Å²) in [6.45, 7) is 6.41. The van der Waals surface area contributed by atoms with Gasteiger partial charge in [-0.3, -0.25) is 0 Å². The molecule has 1 saturated carbocycles. The van der Waals surface area contributed by atoms with Gasteiger partial charge in [0.2, 0.25) is 0 Å². The lowest BCUT2D eigenvalue weighted by atomic mass is 10.1. The van der Waals surface area contributed by atoms with E-state index in [2.05, 4.69) is 42.8 Å². The minimum atomic E-state index is -0.00301. The molecule has 0 aromatic rings. The molecule has 0 aliphatic heterocycles. The van der Waals surface area contributed by atoms with Gasteiger partial charge in [0.05, 0.1) is 11.7 Å². The molecule has 0 spiro atoms. The molecule has 0 radical (unpaired) electrons. The molecule has 2 bridgehead atoms. The number of rotatable bonds is 1. The highest BCUT2D eigenvalue weighted by Crippen LogP contribution is 2.48. The van der Waals surface area contributed by atoms with E-state index in [1.54, 1.807) is 0 Å². The zero-order chi connectivity index (χ0) is 9.64. The van der Waals surface area contributed by atoms with Crippen LogP contribution in [0.2, 0.25) is 0 Å². The second-order valence-electron chi connectivity index (χ2n) is 5.09. The molecule has 0 unspecified atom stereocenters. The molecule has 1 nitrogen and oxygen atoms in total. The van der Waals surface area contributed by atoms with Crippen molar-refractivity contribution >= 4 is 15.9 Å². The quantitative estimate of drug-likeness (QED) is 0.687. The van der Waals surface area contributed by atoms with E-state index in [0.717, 1.165) is 0 Å². The van der Waals surface area contributed by atoms with Crippen LogP contribution in [0.25, 0.3) is 0 Å². The third-order valence-corrected chi connectivity index (χ3v) is 3.70. The van der Waals surface area contributed by atoms with E-state index >= 15 is 0 Å². The topological polar surface area (TPSA) is 9.23 Å². The molecule has 0 amide bonds. The monoisotopic (exact) mass is 244 g/mol. The fourth-order valence-corrected chi connectivity index (χ4v) is 3.21. The minimum Gasteiger partial charge on any atom is -0.371 e. The minimum absolute atomic E-state index is 0.00301. The van der Waals surface area contributed by atoms with Crippen molar-refractivity contribution in [2.45, 2.75) is 45.3 Å². The van der Waals surface area contributed by atoms with E-state index in [9.17, 15) is 0 Å². The summed E-state index contributed by atoms with van der Waals surface area (Å²) in [7, 11) is 0. The Morgan fingerprint density at radius 2 is 2.08 bits per heavy atom. The maximum Gasteiger partial charge on any atom is 0.0718 e. The molecule has 2 heteroatoms. The Bertz CT molecular complexity index is 239. The molecule has 2 rings (SSSR count). The number of halogens is 1. The van der Waals surface area contributed by atoms with Crippen LogP contribution in [-0.4, -0.2) is 11.7 Å². The van der Waals surface area contributed by atoms with Crippen LogP contribution in [0.4, 0.5) is 0 Å². The fraction of sp³-hybridized carbons (Fsp3) is 0.818. The summed E-state index contributed by atoms with van der Waals surface area (Å²) >= 11 is 3.62. The van der Waals surface area contributed by atoms with E-state index in [1.807, 2.05) is 0 Å². The highest BCUT2D eigenvalue weighted by molar-refractivity contribution is 9.11. The van der Waals surface area contributed by atoms with Crippen molar-refractivity contribution < 1.29 is 4.74 Å². The maximum atomic E-state index is 6.07. The first-order valence-electron chi connectivity index (χ1n) is 5.02. The SMILES string of the molecule is CC(C)(C)O[C@H]1[C@@H]2C=C(Br)[C@H]1CC2. The van der Waals surface area contributed by atoms with Crippen molar-refractivity contribution in [1.82, 2.24) is 0 Å². The van der Waals surface area contributed by atoms with Crippen molar-refractivity contribution in [1.29, 1.82) is 0 Å². The van der Waals surface area contributed by atoms with Gasteiger partial charge in [0.25, 0.3) is 0 Å². The highest BCUT2D eigenvalue weighted by Gasteiger charge is 2.44. The van der Waals surface area contributed by atoms with Crippen molar-refractivity contribution in [3.05, 3.63) is 10.6 Å². The number of fused-ring (bicyclic) bond motifs is 2. The molecular weight excluding hydrogens is 228 g/mol. The van der Waals surface area contributed by atoms with Crippen LogP contribution in [-0.2, 0) is 4.74 Å². The standard InChI is InChI=1S/C11H17BrO/c1-11(2,3)13-10-7-4-5-8(10)9(12)6-7/h6-8,10H,4-5H2,1-3H3/t7-,8+,10-/m0/s1. The zero-order valence-electron chi connectivity index (χ0n) is 8.51. The molecule has 2 aliphatic rings. The van der Waals surface area contributed by atoms with Gasteiger partial charge < -0.3 is 4.74 Å². The van der Waals surface area contributed by atoms with Gasteiger partial charge in [0.1, 0.15) is 0 Å². The van der Waals surface area contributed by atoms with Gasteiger partial charge in [0, 0.05) is 11.8 Å². The van der Waals surface area contributed by atoms with Crippen LogP contribution in [0.3, 0.4) is 0 Å². The van der Waals surface area contributed by atoms with Crippen molar-refractivity contribution in [2.24, 2.45) is 11.8 Å².